The summed E-state index contributed by atoms with van der Waals surface area (Å²) in [6.07, 6.45) is 3.83. The first-order valence-electron chi connectivity index (χ1n) is 13.6. The summed E-state index contributed by atoms with van der Waals surface area (Å²) in [7, 11) is 1.77. The third-order valence-corrected chi connectivity index (χ3v) is 9.24. The number of aromatic nitrogens is 3. The summed E-state index contributed by atoms with van der Waals surface area (Å²) in [5.74, 6) is 0.753. The highest BCUT2D eigenvalue weighted by molar-refractivity contribution is 8.27. The molecular formula is C30H32N6O3S2. The molecule has 5 rings (SSSR count). The molecule has 0 N–H and O–H groups in total. The van der Waals surface area contributed by atoms with Gasteiger partial charge >= 0.3 is 0 Å². The molecule has 212 valence electrons. The SMILES string of the molecule is CCn1c(N2CCCC(C)C2)c(/C=C2\SC(=S)N(c3c(C)n(C)n(-c4ccccc4)c3=O)C2=O)c(C)c(C#N)c1=O. The van der Waals surface area contributed by atoms with Crippen LogP contribution in [0.5, 0.6) is 0 Å². The van der Waals surface area contributed by atoms with E-state index in [0.717, 1.165) is 37.7 Å². The lowest BCUT2D eigenvalue weighted by Gasteiger charge is -2.35. The van der Waals surface area contributed by atoms with Crippen molar-refractivity contribution in [2.24, 2.45) is 13.0 Å². The zero-order valence-corrected chi connectivity index (χ0v) is 25.4. The highest BCUT2D eigenvalue weighted by atomic mass is 32.2. The summed E-state index contributed by atoms with van der Waals surface area (Å²) in [5, 5.41) is 9.88. The fourth-order valence-corrected chi connectivity index (χ4v) is 7.02. The molecule has 0 radical (unpaired) electrons. The Bertz CT molecular complexity index is 1760. The Balaban J connectivity index is 1.66. The van der Waals surface area contributed by atoms with Crippen molar-refractivity contribution in [3.8, 4) is 11.8 Å². The normalized spacial score (nSPS) is 18.4. The zero-order valence-electron chi connectivity index (χ0n) is 23.8. The molecule has 0 saturated carbocycles. The Morgan fingerprint density at radius 2 is 1.85 bits per heavy atom. The van der Waals surface area contributed by atoms with Crippen molar-refractivity contribution in [2.75, 3.05) is 22.9 Å². The highest BCUT2D eigenvalue weighted by Crippen LogP contribution is 2.39. The molecule has 2 aliphatic rings. The standard InChI is InChI=1S/C30H32N6O3S2/c1-6-34-26(33-14-10-11-18(2)17-33)22(19(3)23(16-31)27(34)37)15-24-28(38)35(30(40)41-24)25-20(4)32(5)36(29(25)39)21-12-8-7-9-13-21/h7-9,12-13,15,18H,6,10-11,14,17H2,1-5H3/b24-15-. The first kappa shape index (κ1) is 28.6. The van der Waals surface area contributed by atoms with Gasteiger partial charge in [-0.2, -0.15) is 5.26 Å². The van der Waals surface area contributed by atoms with Crippen LogP contribution in [0.2, 0.25) is 0 Å². The molecule has 0 spiro atoms. The van der Waals surface area contributed by atoms with E-state index < -0.39 is 5.91 Å². The van der Waals surface area contributed by atoms with Gasteiger partial charge in [0.05, 0.1) is 16.3 Å². The molecule has 0 aliphatic carbocycles. The van der Waals surface area contributed by atoms with Crippen molar-refractivity contribution in [3.05, 3.63) is 78.3 Å². The number of hydrogen-bond acceptors (Lipinski definition) is 7. The monoisotopic (exact) mass is 588 g/mol. The Morgan fingerprint density at radius 1 is 1.15 bits per heavy atom. The van der Waals surface area contributed by atoms with Crippen molar-refractivity contribution in [3.63, 3.8) is 0 Å². The van der Waals surface area contributed by atoms with Gasteiger partial charge in [0.1, 0.15) is 23.1 Å². The maximum absolute atomic E-state index is 14.0. The van der Waals surface area contributed by atoms with Crippen LogP contribution >= 0.6 is 24.0 Å². The molecule has 1 atom stereocenters. The van der Waals surface area contributed by atoms with Crippen LogP contribution in [0.25, 0.3) is 11.8 Å². The highest BCUT2D eigenvalue weighted by Gasteiger charge is 2.38. The average Bonchev–Trinajstić information content (AvgIpc) is 3.34. The summed E-state index contributed by atoms with van der Waals surface area (Å²) in [6.45, 7) is 9.55. The maximum Gasteiger partial charge on any atom is 0.296 e. The van der Waals surface area contributed by atoms with E-state index in [0.29, 0.717) is 45.7 Å². The maximum atomic E-state index is 14.0. The Labute approximate surface area is 248 Å². The summed E-state index contributed by atoms with van der Waals surface area (Å²) >= 11 is 6.78. The fraction of sp³-hybridized carbons (Fsp3) is 0.367. The number of hydrogen-bond donors (Lipinski definition) is 0. The lowest BCUT2D eigenvalue weighted by Crippen LogP contribution is -2.40. The number of thiocarbonyl (C=S) groups is 1. The van der Waals surface area contributed by atoms with Gasteiger partial charge in [0.15, 0.2) is 4.32 Å². The molecular weight excluding hydrogens is 557 g/mol. The number of carbonyl (C=O) groups excluding carboxylic acids is 1. The van der Waals surface area contributed by atoms with E-state index in [1.54, 1.807) is 36.2 Å². The minimum absolute atomic E-state index is 0.0621. The molecule has 4 heterocycles. The number of piperidine rings is 1. The van der Waals surface area contributed by atoms with Gasteiger partial charge < -0.3 is 4.90 Å². The molecule has 3 aromatic rings. The Kier molecular flexibility index (Phi) is 7.81. The van der Waals surface area contributed by atoms with Gasteiger partial charge in [0.25, 0.3) is 17.0 Å². The molecule has 11 heteroatoms. The topological polar surface area (TPSA) is 96.3 Å². The molecule has 2 aliphatic heterocycles. The molecule has 0 bridgehead atoms. The van der Waals surface area contributed by atoms with Gasteiger partial charge in [-0.1, -0.05) is 49.1 Å². The second-order valence-electron chi connectivity index (χ2n) is 10.5. The quantitative estimate of drug-likeness (QED) is 0.320. The number of anilines is 2. The van der Waals surface area contributed by atoms with Crippen molar-refractivity contribution in [1.29, 1.82) is 5.26 Å². The van der Waals surface area contributed by atoms with Crippen molar-refractivity contribution in [1.82, 2.24) is 13.9 Å². The number of nitriles is 1. The van der Waals surface area contributed by atoms with E-state index in [2.05, 4.69) is 17.9 Å². The van der Waals surface area contributed by atoms with Crippen molar-refractivity contribution >= 4 is 51.8 Å². The van der Waals surface area contributed by atoms with Gasteiger partial charge in [-0.15, -0.1) is 0 Å². The van der Waals surface area contributed by atoms with Crippen LogP contribution in [0.15, 0.2) is 44.8 Å². The Morgan fingerprint density at radius 3 is 2.49 bits per heavy atom. The minimum atomic E-state index is -0.406. The molecule has 2 fully saturated rings. The van der Waals surface area contributed by atoms with E-state index in [1.807, 2.05) is 37.3 Å². The van der Waals surface area contributed by atoms with E-state index in [4.69, 9.17) is 12.2 Å². The largest absolute Gasteiger partial charge is 0.357 e. The van der Waals surface area contributed by atoms with Crippen LogP contribution in [-0.2, 0) is 18.4 Å². The predicted molar refractivity (Wildman–Crippen MR) is 168 cm³/mol. The van der Waals surface area contributed by atoms with Crippen molar-refractivity contribution in [2.45, 2.75) is 47.1 Å². The van der Waals surface area contributed by atoms with Crippen LogP contribution in [0, 0.1) is 31.1 Å². The van der Waals surface area contributed by atoms with Gasteiger partial charge in [-0.3, -0.25) is 28.5 Å². The summed E-state index contributed by atoms with van der Waals surface area (Å²) in [6, 6.07) is 11.3. The van der Waals surface area contributed by atoms with Gasteiger partial charge in [0, 0.05) is 32.2 Å². The zero-order chi connectivity index (χ0) is 29.6. The van der Waals surface area contributed by atoms with Gasteiger partial charge in [-0.25, -0.2) is 4.68 Å². The molecule has 41 heavy (non-hydrogen) atoms. The van der Waals surface area contributed by atoms with Crippen LogP contribution in [-0.4, -0.2) is 37.2 Å². The summed E-state index contributed by atoms with van der Waals surface area (Å²) in [4.78, 5) is 44.8. The predicted octanol–water partition coefficient (Wildman–Crippen LogP) is 4.49. The molecule has 1 aromatic carbocycles. The molecule has 1 unspecified atom stereocenters. The number of amides is 1. The van der Waals surface area contributed by atoms with Crippen LogP contribution in [0.4, 0.5) is 11.5 Å². The third-order valence-electron chi connectivity index (χ3n) is 7.94. The van der Waals surface area contributed by atoms with Crippen molar-refractivity contribution < 1.29 is 4.79 Å². The number of benzene rings is 1. The van der Waals surface area contributed by atoms with Gasteiger partial charge in [0.2, 0.25) is 0 Å². The molecule has 2 aromatic heterocycles. The molecule has 2 saturated heterocycles. The number of para-hydroxylation sites is 1. The molecule has 9 nitrogen and oxygen atoms in total. The number of carbonyl (C=O) groups is 1. The van der Waals surface area contributed by atoms with Crippen LogP contribution in [0.1, 0.15) is 49.1 Å². The first-order chi connectivity index (χ1) is 19.6. The number of rotatable bonds is 5. The number of thioether (sulfide) groups is 1. The third kappa shape index (κ3) is 4.75. The Hall–Kier alpha value is -3.88. The second kappa shape index (κ2) is 11.2. The first-order valence-corrected chi connectivity index (χ1v) is 14.9. The van der Waals surface area contributed by atoms with E-state index in [-0.39, 0.29) is 26.7 Å². The fourth-order valence-electron chi connectivity index (χ4n) is 5.76. The lowest BCUT2D eigenvalue weighted by molar-refractivity contribution is -0.113. The minimum Gasteiger partial charge on any atom is -0.357 e. The smallest absolute Gasteiger partial charge is 0.296 e. The van der Waals surface area contributed by atoms with Crippen LogP contribution < -0.4 is 20.9 Å². The second-order valence-corrected chi connectivity index (χ2v) is 12.2. The van der Waals surface area contributed by atoms with E-state index >= 15 is 0 Å². The average molecular weight is 589 g/mol. The van der Waals surface area contributed by atoms with Gasteiger partial charge in [-0.05, 0) is 63.3 Å². The van der Waals surface area contributed by atoms with Crippen LogP contribution in [0.3, 0.4) is 0 Å². The van der Waals surface area contributed by atoms with E-state index in [1.165, 1.54) is 9.58 Å². The summed E-state index contributed by atoms with van der Waals surface area (Å²) in [5.41, 5.74) is 2.06. The number of nitrogens with zero attached hydrogens (tertiary/aromatic N) is 6. The molecule has 1 amide bonds. The number of pyridine rings is 1. The summed E-state index contributed by atoms with van der Waals surface area (Å²) < 4.78 is 5.12. The lowest BCUT2D eigenvalue weighted by atomic mass is 9.98. The van der Waals surface area contributed by atoms with E-state index in [9.17, 15) is 19.6 Å².